The molecule has 1 N–H and O–H groups in total. The largest absolute Gasteiger partial charge is 0.356 e. The number of hydrogen-bond donors (Lipinski definition) is 1. The van der Waals surface area contributed by atoms with Gasteiger partial charge in [0.05, 0.1) is 23.5 Å². The minimum Gasteiger partial charge on any atom is -0.356 e. The zero-order valence-electron chi connectivity index (χ0n) is 19.6. The Labute approximate surface area is 209 Å². The van der Waals surface area contributed by atoms with Crippen LogP contribution in [0.15, 0.2) is 35.6 Å². The highest BCUT2D eigenvalue weighted by Gasteiger charge is 2.42. The van der Waals surface area contributed by atoms with E-state index in [4.69, 9.17) is 21.6 Å². The van der Waals surface area contributed by atoms with E-state index in [0.717, 1.165) is 72.1 Å². The van der Waals surface area contributed by atoms with E-state index in [9.17, 15) is 4.79 Å². The maximum absolute atomic E-state index is 13.4. The van der Waals surface area contributed by atoms with E-state index in [0.29, 0.717) is 18.1 Å². The summed E-state index contributed by atoms with van der Waals surface area (Å²) in [5, 5.41) is 10.3. The van der Waals surface area contributed by atoms with Crippen LogP contribution >= 0.6 is 23.4 Å². The highest BCUT2D eigenvalue weighted by molar-refractivity contribution is 7.99. The molecule has 34 heavy (non-hydrogen) atoms. The summed E-state index contributed by atoms with van der Waals surface area (Å²) in [6, 6.07) is 7.75. The van der Waals surface area contributed by atoms with Crippen molar-refractivity contribution in [2.24, 2.45) is 0 Å². The summed E-state index contributed by atoms with van der Waals surface area (Å²) in [6.07, 6.45) is 8.12. The maximum atomic E-state index is 13.4. The summed E-state index contributed by atoms with van der Waals surface area (Å²) >= 11 is 7.74. The van der Waals surface area contributed by atoms with Gasteiger partial charge in [-0.05, 0) is 49.1 Å². The molecule has 0 spiro atoms. The lowest BCUT2D eigenvalue weighted by atomic mass is 9.78. The summed E-state index contributed by atoms with van der Waals surface area (Å²) in [7, 11) is 0. The number of thioether (sulfide) groups is 1. The number of carbonyl (C=O) groups is 1. The average molecular weight is 499 g/mol. The second kappa shape index (κ2) is 10.1. The van der Waals surface area contributed by atoms with Crippen LogP contribution in [0, 0.1) is 0 Å². The molecular weight excluding hydrogens is 468 g/mol. The Hall–Kier alpha value is -2.32. The van der Waals surface area contributed by atoms with Crippen LogP contribution in [0.4, 0.5) is 5.82 Å². The SMILES string of the molecule is CCSc1nc(N2CCCC2)c2cnn(CCNC(=O)C3(c4ccc(Cl)cc4)CCCC3)c2n1. The third kappa shape index (κ3) is 4.50. The molecule has 1 aliphatic heterocycles. The lowest BCUT2D eigenvalue weighted by Gasteiger charge is -2.28. The van der Waals surface area contributed by atoms with Crippen molar-refractivity contribution in [1.82, 2.24) is 25.1 Å². The summed E-state index contributed by atoms with van der Waals surface area (Å²) < 4.78 is 1.90. The van der Waals surface area contributed by atoms with Gasteiger partial charge in [-0.25, -0.2) is 14.6 Å². The topological polar surface area (TPSA) is 75.9 Å². The second-order valence-corrected chi connectivity index (χ2v) is 10.8. The van der Waals surface area contributed by atoms with Gasteiger partial charge in [-0.2, -0.15) is 5.10 Å². The van der Waals surface area contributed by atoms with Crippen molar-refractivity contribution in [3.8, 4) is 0 Å². The van der Waals surface area contributed by atoms with Crippen LogP contribution in [0.5, 0.6) is 0 Å². The van der Waals surface area contributed by atoms with Crippen LogP contribution in [0.25, 0.3) is 11.0 Å². The number of amides is 1. The van der Waals surface area contributed by atoms with Crippen LogP contribution in [-0.4, -0.2) is 51.0 Å². The van der Waals surface area contributed by atoms with Gasteiger partial charge >= 0.3 is 0 Å². The summed E-state index contributed by atoms with van der Waals surface area (Å²) in [5.74, 6) is 2.00. The molecule has 0 atom stereocenters. The van der Waals surface area contributed by atoms with Gasteiger partial charge in [0.2, 0.25) is 5.91 Å². The number of fused-ring (bicyclic) bond motifs is 1. The van der Waals surface area contributed by atoms with E-state index in [1.54, 1.807) is 11.8 Å². The monoisotopic (exact) mass is 498 g/mol. The number of carbonyl (C=O) groups excluding carboxylic acids is 1. The highest BCUT2D eigenvalue weighted by Crippen LogP contribution is 2.41. The van der Waals surface area contributed by atoms with Crippen molar-refractivity contribution in [3.63, 3.8) is 0 Å². The van der Waals surface area contributed by atoms with Crippen molar-refractivity contribution in [3.05, 3.63) is 41.0 Å². The zero-order chi connectivity index (χ0) is 23.5. The number of benzene rings is 1. The first-order valence-electron chi connectivity index (χ1n) is 12.3. The van der Waals surface area contributed by atoms with Gasteiger partial charge < -0.3 is 10.2 Å². The Balaban J connectivity index is 1.33. The van der Waals surface area contributed by atoms with E-state index in [1.807, 2.05) is 35.1 Å². The number of hydrogen-bond acceptors (Lipinski definition) is 6. The predicted molar refractivity (Wildman–Crippen MR) is 138 cm³/mol. The lowest BCUT2D eigenvalue weighted by Crippen LogP contribution is -2.43. The third-order valence-corrected chi connectivity index (χ3v) is 8.01. The first-order chi connectivity index (χ1) is 16.6. The molecule has 1 aromatic carbocycles. The molecule has 9 heteroatoms. The van der Waals surface area contributed by atoms with Crippen molar-refractivity contribution in [2.75, 3.05) is 30.3 Å². The second-order valence-electron chi connectivity index (χ2n) is 9.11. The fourth-order valence-electron chi connectivity index (χ4n) is 5.29. The van der Waals surface area contributed by atoms with E-state index < -0.39 is 5.41 Å². The Morgan fingerprint density at radius 2 is 1.85 bits per heavy atom. The van der Waals surface area contributed by atoms with Gasteiger partial charge in [-0.15, -0.1) is 0 Å². The summed E-state index contributed by atoms with van der Waals surface area (Å²) in [5.41, 5.74) is 1.43. The third-order valence-electron chi connectivity index (χ3n) is 7.03. The maximum Gasteiger partial charge on any atom is 0.230 e. The number of nitrogens with zero attached hydrogens (tertiary/aromatic N) is 5. The van der Waals surface area contributed by atoms with Crippen molar-refractivity contribution in [2.45, 2.75) is 62.6 Å². The molecule has 0 unspecified atom stereocenters. The van der Waals surface area contributed by atoms with Crippen molar-refractivity contribution >= 4 is 46.1 Å². The minimum atomic E-state index is -0.465. The molecule has 7 nitrogen and oxygen atoms in total. The van der Waals surface area contributed by atoms with Gasteiger partial charge in [0.25, 0.3) is 0 Å². The quantitative estimate of drug-likeness (QED) is 0.354. The van der Waals surface area contributed by atoms with Gasteiger partial charge in [-0.1, -0.05) is 55.3 Å². The molecule has 2 aromatic heterocycles. The molecule has 2 aliphatic rings. The fraction of sp³-hybridized carbons (Fsp3) is 0.520. The van der Waals surface area contributed by atoms with Gasteiger partial charge in [0.15, 0.2) is 10.8 Å². The van der Waals surface area contributed by atoms with Crippen molar-refractivity contribution < 1.29 is 4.79 Å². The zero-order valence-corrected chi connectivity index (χ0v) is 21.2. The lowest BCUT2D eigenvalue weighted by molar-refractivity contribution is -0.126. The Morgan fingerprint density at radius 3 is 2.56 bits per heavy atom. The molecular formula is C25H31ClN6OS. The molecule has 1 saturated carbocycles. The molecule has 3 heterocycles. The first-order valence-corrected chi connectivity index (χ1v) is 13.6. The molecule has 3 aromatic rings. The van der Waals surface area contributed by atoms with E-state index in [-0.39, 0.29) is 5.91 Å². The standard InChI is InChI=1S/C25H31ClN6OS/c1-2-34-24-29-21(31-14-5-6-15-31)20-17-28-32(22(20)30-24)16-13-27-23(33)25(11-3-4-12-25)18-7-9-19(26)10-8-18/h7-10,17H,2-6,11-16H2,1H3,(H,27,33). The summed E-state index contributed by atoms with van der Waals surface area (Å²) in [6.45, 7) is 5.23. The predicted octanol–water partition coefficient (Wildman–Crippen LogP) is 4.82. The highest BCUT2D eigenvalue weighted by atomic mass is 35.5. The van der Waals surface area contributed by atoms with Crippen LogP contribution < -0.4 is 10.2 Å². The number of halogens is 1. The molecule has 2 fully saturated rings. The number of aromatic nitrogens is 4. The van der Waals surface area contributed by atoms with Gasteiger partial charge in [0.1, 0.15) is 5.82 Å². The molecule has 5 rings (SSSR count). The number of nitrogens with one attached hydrogen (secondary N) is 1. The average Bonchev–Trinajstić information content (AvgIpc) is 3.61. The smallest absolute Gasteiger partial charge is 0.230 e. The minimum absolute atomic E-state index is 0.0957. The van der Waals surface area contributed by atoms with Crippen molar-refractivity contribution in [1.29, 1.82) is 0 Å². The van der Waals surface area contributed by atoms with E-state index in [1.165, 1.54) is 12.8 Å². The molecule has 0 bridgehead atoms. The van der Waals surface area contributed by atoms with Gasteiger partial charge in [0, 0.05) is 24.7 Å². The molecule has 0 radical (unpaired) electrons. The van der Waals surface area contributed by atoms with E-state index in [2.05, 4.69) is 22.2 Å². The van der Waals surface area contributed by atoms with Crippen LogP contribution in [0.2, 0.25) is 5.02 Å². The summed E-state index contributed by atoms with van der Waals surface area (Å²) in [4.78, 5) is 25.4. The Kier molecular flexibility index (Phi) is 6.97. The first kappa shape index (κ1) is 23.4. The number of rotatable bonds is 8. The fourth-order valence-corrected chi connectivity index (χ4v) is 5.97. The van der Waals surface area contributed by atoms with Crippen LogP contribution in [0.3, 0.4) is 0 Å². The van der Waals surface area contributed by atoms with E-state index >= 15 is 0 Å². The van der Waals surface area contributed by atoms with Crippen LogP contribution in [-0.2, 0) is 16.8 Å². The Bertz CT molecular complexity index is 1150. The Morgan fingerprint density at radius 1 is 1.12 bits per heavy atom. The molecule has 180 valence electrons. The molecule has 1 saturated heterocycles. The normalized spacial score (nSPS) is 17.5. The molecule has 1 amide bonds. The number of anilines is 1. The molecule has 1 aliphatic carbocycles. The van der Waals surface area contributed by atoms with Crippen LogP contribution in [0.1, 0.15) is 51.0 Å². The van der Waals surface area contributed by atoms with Gasteiger partial charge in [-0.3, -0.25) is 4.79 Å².